The van der Waals surface area contributed by atoms with Crippen molar-refractivity contribution in [2.24, 2.45) is 11.8 Å². The molecule has 432 valence electrons. The van der Waals surface area contributed by atoms with Crippen LogP contribution in [0.25, 0.3) is 0 Å². The van der Waals surface area contributed by atoms with Crippen molar-refractivity contribution in [3.05, 3.63) is 59.7 Å². The number of unbranched alkanes of at least 4 members (excludes halogenated alkanes) is 14. The minimum atomic E-state index is -0.774. The fraction of sp³-hybridized carbons (Fsp3) is 0.705. The highest BCUT2D eigenvalue weighted by molar-refractivity contribution is 8.76. The van der Waals surface area contributed by atoms with Crippen molar-refractivity contribution in [1.29, 1.82) is 0 Å². The molecule has 0 bridgehead atoms. The lowest BCUT2D eigenvalue weighted by Gasteiger charge is -2.32. The predicted octanol–water partition coefficient (Wildman–Crippen LogP) is 12.8. The summed E-state index contributed by atoms with van der Waals surface area (Å²) < 4.78 is 27.5. The van der Waals surface area contributed by atoms with E-state index in [4.69, 9.17) is 28.8 Å². The van der Waals surface area contributed by atoms with E-state index in [0.717, 1.165) is 165 Å². The number of esters is 5. The second-order valence-electron chi connectivity index (χ2n) is 21.1. The Balaban J connectivity index is 0.895. The van der Waals surface area contributed by atoms with Gasteiger partial charge in [0, 0.05) is 50.3 Å². The summed E-state index contributed by atoms with van der Waals surface area (Å²) in [5.41, 5.74) is 1.64. The molecule has 0 spiro atoms. The molecular weight excluding hydrogens is 1020 g/mol. The standard InChI is InChI=1S/C61H94N2O12S2/c1-2-3-4-5-6-13-18-43-71-57(66)20-15-10-8-12-17-22-59(68)75-55-29-25-53(26-30-55)49-61(70)73-45-36-51-33-39-63(40-34-51)42-47-77-76-46-41-62-37-31-50(32-38-62)35-44-72-60(69)48-52-23-27-54(28-24-52)74-58(67)21-16-11-7-9-14-19-56(64)65/h23-30,50-51H,2-22,31-49H2,1H3,(H,64,65). The van der Waals surface area contributed by atoms with Gasteiger partial charge in [-0.2, -0.15) is 0 Å². The maximum atomic E-state index is 12.6. The van der Waals surface area contributed by atoms with Crippen LogP contribution in [0.5, 0.6) is 11.5 Å². The van der Waals surface area contributed by atoms with Crippen molar-refractivity contribution in [2.45, 2.75) is 193 Å². The van der Waals surface area contributed by atoms with E-state index >= 15 is 0 Å². The van der Waals surface area contributed by atoms with Gasteiger partial charge >= 0.3 is 35.8 Å². The normalized spacial score (nSPS) is 14.5. The zero-order valence-electron chi connectivity index (χ0n) is 46.7. The van der Waals surface area contributed by atoms with Crippen LogP contribution in [0.4, 0.5) is 0 Å². The quantitative estimate of drug-likeness (QED) is 0.0218. The number of carbonyl (C=O) groups excluding carboxylic acids is 5. The highest BCUT2D eigenvalue weighted by Crippen LogP contribution is 2.26. The van der Waals surface area contributed by atoms with Gasteiger partial charge in [0.1, 0.15) is 11.5 Å². The molecule has 0 unspecified atom stereocenters. The summed E-state index contributed by atoms with van der Waals surface area (Å²) in [5, 5.41) is 8.70. The Morgan fingerprint density at radius 2 is 0.818 bits per heavy atom. The Hall–Kier alpha value is -4.12. The summed E-state index contributed by atoms with van der Waals surface area (Å²) in [4.78, 5) is 77.3. The van der Waals surface area contributed by atoms with Crippen LogP contribution in [-0.4, -0.2) is 121 Å². The molecule has 0 saturated carbocycles. The fourth-order valence-electron chi connectivity index (χ4n) is 9.74. The maximum Gasteiger partial charge on any atom is 0.311 e. The van der Waals surface area contributed by atoms with E-state index in [9.17, 15) is 28.8 Å². The third kappa shape index (κ3) is 33.2. The number of piperidine rings is 2. The van der Waals surface area contributed by atoms with E-state index in [1.165, 1.54) is 32.1 Å². The van der Waals surface area contributed by atoms with Gasteiger partial charge in [0.05, 0.1) is 32.7 Å². The number of likely N-dealkylation sites (tertiary alicyclic amines) is 2. The van der Waals surface area contributed by atoms with E-state index in [-0.39, 0.29) is 49.1 Å². The van der Waals surface area contributed by atoms with Crippen LogP contribution in [0, 0.1) is 11.8 Å². The molecule has 2 fully saturated rings. The highest BCUT2D eigenvalue weighted by atomic mass is 33.1. The Morgan fingerprint density at radius 3 is 1.23 bits per heavy atom. The van der Waals surface area contributed by atoms with Crippen LogP contribution in [0.3, 0.4) is 0 Å². The molecule has 0 atom stereocenters. The van der Waals surface area contributed by atoms with Gasteiger partial charge in [0.15, 0.2) is 0 Å². The molecule has 2 aromatic rings. The molecule has 14 nitrogen and oxygen atoms in total. The van der Waals surface area contributed by atoms with Gasteiger partial charge in [-0.25, -0.2) is 0 Å². The Labute approximate surface area is 469 Å². The zero-order valence-corrected chi connectivity index (χ0v) is 48.3. The molecule has 16 heteroatoms. The number of rotatable bonds is 43. The first-order valence-electron chi connectivity index (χ1n) is 29.5. The number of carboxylic acids is 1. The van der Waals surface area contributed by atoms with Crippen molar-refractivity contribution < 1.29 is 57.6 Å². The molecule has 0 radical (unpaired) electrons. The van der Waals surface area contributed by atoms with Gasteiger partial charge < -0.3 is 38.6 Å². The van der Waals surface area contributed by atoms with Crippen LogP contribution in [0.1, 0.15) is 191 Å². The summed E-state index contributed by atoms with van der Waals surface area (Å²) in [7, 11) is 3.94. The summed E-state index contributed by atoms with van der Waals surface area (Å²) in [6.45, 7) is 10.2. The highest BCUT2D eigenvalue weighted by Gasteiger charge is 2.21. The van der Waals surface area contributed by atoms with Crippen LogP contribution in [0.2, 0.25) is 0 Å². The summed E-state index contributed by atoms with van der Waals surface area (Å²) in [5.74, 6) is 2.38. The Bertz CT molecular complexity index is 1940. The van der Waals surface area contributed by atoms with Crippen LogP contribution < -0.4 is 9.47 Å². The first-order chi connectivity index (χ1) is 37.5. The second-order valence-corrected chi connectivity index (χ2v) is 23.8. The van der Waals surface area contributed by atoms with E-state index in [1.54, 1.807) is 36.4 Å². The third-order valence-corrected chi connectivity index (χ3v) is 17.0. The molecule has 1 N–H and O–H groups in total. The van der Waals surface area contributed by atoms with Crippen molar-refractivity contribution in [2.75, 3.05) is 70.6 Å². The monoisotopic (exact) mass is 1110 g/mol. The minimum Gasteiger partial charge on any atom is -0.481 e. The number of carboxylic acid groups (broad SMARTS) is 1. The van der Waals surface area contributed by atoms with Gasteiger partial charge in [-0.15, -0.1) is 0 Å². The van der Waals surface area contributed by atoms with Gasteiger partial charge in [0.25, 0.3) is 0 Å². The van der Waals surface area contributed by atoms with Gasteiger partial charge in [-0.3, -0.25) is 28.8 Å². The summed E-state index contributed by atoms with van der Waals surface area (Å²) in [6.07, 6.45) is 24.8. The first-order valence-corrected chi connectivity index (χ1v) is 32.0. The SMILES string of the molecule is CCCCCCCCCOC(=O)CCCCCCCC(=O)Oc1ccc(CC(=O)OCCC2CCN(CCSSCCN3CCC(CCOC(=O)Cc4ccc(OC(=O)CCCCCCCC(=O)O)cc4)CC3)CC2)cc1. The molecule has 0 aliphatic carbocycles. The number of aliphatic carboxylic acids is 1. The molecule has 0 amide bonds. The average Bonchev–Trinajstić information content (AvgIpc) is 3.41. The number of carbonyl (C=O) groups is 6. The number of ether oxygens (including phenoxy) is 5. The van der Waals surface area contributed by atoms with Gasteiger partial charge in [-0.1, -0.05) is 130 Å². The molecule has 2 aliphatic rings. The summed E-state index contributed by atoms with van der Waals surface area (Å²) in [6, 6.07) is 14.1. The van der Waals surface area contributed by atoms with Crippen LogP contribution >= 0.6 is 21.6 Å². The Kier molecular flexibility index (Phi) is 35.6. The van der Waals surface area contributed by atoms with E-state index < -0.39 is 5.97 Å². The molecule has 2 heterocycles. The lowest BCUT2D eigenvalue weighted by atomic mass is 9.94. The van der Waals surface area contributed by atoms with Gasteiger partial charge in [-0.05, 0) is 144 Å². The largest absolute Gasteiger partial charge is 0.481 e. The lowest BCUT2D eigenvalue weighted by Crippen LogP contribution is -2.36. The summed E-state index contributed by atoms with van der Waals surface area (Å²) >= 11 is 0. The Morgan fingerprint density at radius 1 is 0.455 bits per heavy atom. The number of benzene rings is 2. The average molecular weight is 1110 g/mol. The first kappa shape index (κ1) is 65.4. The molecular formula is C61H94N2O12S2. The zero-order chi connectivity index (χ0) is 55.0. The molecule has 77 heavy (non-hydrogen) atoms. The second kappa shape index (κ2) is 41.9. The van der Waals surface area contributed by atoms with E-state index in [0.29, 0.717) is 75.3 Å². The third-order valence-electron chi connectivity index (χ3n) is 14.6. The smallest absolute Gasteiger partial charge is 0.311 e. The lowest BCUT2D eigenvalue weighted by molar-refractivity contribution is -0.144. The van der Waals surface area contributed by atoms with E-state index in [1.807, 2.05) is 33.7 Å². The minimum absolute atomic E-state index is 0.103. The van der Waals surface area contributed by atoms with E-state index in [2.05, 4.69) is 16.7 Å². The molecule has 4 rings (SSSR count). The molecule has 2 saturated heterocycles. The predicted molar refractivity (Wildman–Crippen MR) is 307 cm³/mol. The fourth-order valence-corrected chi connectivity index (χ4v) is 11.8. The van der Waals surface area contributed by atoms with Crippen LogP contribution in [0.15, 0.2) is 48.5 Å². The van der Waals surface area contributed by atoms with Gasteiger partial charge in [0.2, 0.25) is 0 Å². The topological polar surface area (TPSA) is 175 Å². The van der Waals surface area contributed by atoms with Crippen molar-refractivity contribution in [1.82, 2.24) is 9.80 Å². The number of hydrogen-bond acceptors (Lipinski definition) is 15. The maximum absolute atomic E-state index is 12.6. The van der Waals surface area contributed by atoms with Crippen molar-refractivity contribution in [3.8, 4) is 11.5 Å². The van der Waals surface area contributed by atoms with Crippen LogP contribution in [-0.2, 0) is 55.8 Å². The number of nitrogens with zero attached hydrogens (tertiary/aromatic N) is 2. The molecule has 2 aliphatic heterocycles. The number of hydrogen-bond donors (Lipinski definition) is 1. The molecule has 0 aromatic heterocycles. The molecule has 2 aromatic carbocycles. The van der Waals surface area contributed by atoms with Crippen molar-refractivity contribution in [3.63, 3.8) is 0 Å². The van der Waals surface area contributed by atoms with Crippen molar-refractivity contribution >= 4 is 57.4 Å².